The minimum absolute atomic E-state index is 0.180. The van der Waals surface area contributed by atoms with Crippen LogP contribution >= 0.6 is 11.6 Å². The topological polar surface area (TPSA) is 58.5 Å². The van der Waals surface area contributed by atoms with Gasteiger partial charge in [-0.25, -0.2) is 13.4 Å². The Morgan fingerprint density at radius 2 is 2.00 bits per heavy atom. The molecule has 0 amide bonds. The van der Waals surface area contributed by atoms with Gasteiger partial charge in [-0.05, 0) is 36.0 Å². The minimum Gasteiger partial charge on any atom is -0.267 e. The van der Waals surface area contributed by atoms with Gasteiger partial charge in [-0.3, -0.25) is 4.72 Å². The predicted octanol–water partition coefficient (Wildman–Crippen LogP) is 4.12. The summed E-state index contributed by atoms with van der Waals surface area (Å²) in [5, 5.41) is 0.483. The number of halogens is 1. The molecule has 1 atom stereocenters. The molecular formula is C15H21ClN2O2S. The first-order valence-corrected chi connectivity index (χ1v) is 8.83. The summed E-state index contributed by atoms with van der Waals surface area (Å²) in [6.45, 7) is 8.62. The molecule has 21 heavy (non-hydrogen) atoms. The van der Waals surface area contributed by atoms with Crippen LogP contribution in [-0.4, -0.2) is 14.3 Å². The summed E-state index contributed by atoms with van der Waals surface area (Å²) in [4.78, 5) is 4.59. The molecule has 0 aliphatic carbocycles. The van der Waals surface area contributed by atoms with Gasteiger partial charge in [-0.1, -0.05) is 39.3 Å². The third-order valence-electron chi connectivity index (χ3n) is 3.22. The number of fused-ring (bicyclic) bond motifs is 1. The van der Waals surface area contributed by atoms with Crippen LogP contribution in [0.1, 0.15) is 40.5 Å². The van der Waals surface area contributed by atoms with Crippen LogP contribution in [0.3, 0.4) is 0 Å². The molecule has 1 aliphatic heterocycles. The van der Waals surface area contributed by atoms with E-state index in [0.29, 0.717) is 28.9 Å². The van der Waals surface area contributed by atoms with Gasteiger partial charge >= 0.3 is 0 Å². The minimum atomic E-state index is -3.54. The highest BCUT2D eigenvalue weighted by atomic mass is 35.5. The second-order valence-corrected chi connectivity index (χ2v) is 8.94. The lowest BCUT2D eigenvalue weighted by Crippen LogP contribution is -2.34. The van der Waals surface area contributed by atoms with Crippen molar-refractivity contribution in [2.24, 2.45) is 16.3 Å². The standard InChI is InChI=1S/C15H21ClN2O2S/c1-10(9-15(2,3)4)7-14-17-12-8-11(16)5-6-13(12)21(19,20)18-14/h5-6,8,10H,7,9H2,1-4H3,(H,17,18). The summed E-state index contributed by atoms with van der Waals surface area (Å²) in [5.41, 5.74) is 0.619. The Balaban J connectivity index is 2.27. The number of hydrogen-bond acceptors (Lipinski definition) is 3. The summed E-state index contributed by atoms with van der Waals surface area (Å²) in [7, 11) is -3.54. The molecule has 116 valence electrons. The van der Waals surface area contributed by atoms with E-state index in [4.69, 9.17) is 11.6 Å². The molecule has 1 N–H and O–H groups in total. The summed E-state index contributed by atoms with van der Waals surface area (Å²) >= 11 is 5.93. The third-order valence-corrected chi connectivity index (χ3v) is 4.88. The molecule has 2 rings (SSSR count). The molecule has 0 saturated carbocycles. The second kappa shape index (κ2) is 5.61. The average molecular weight is 329 g/mol. The zero-order valence-electron chi connectivity index (χ0n) is 12.8. The molecular weight excluding hydrogens is 308 g/mol. The zero-order chi connectivity index (χ0) is 15.8. The Kier molecular flexibility index (Phi) is 4.36. The maximum Gasteiger partial charge on any atom is 0.264 e. The van der Waals surface area contributed by atoms with Gasteiger partial charge in [0, 0.05) is 11.4 Å². The van der Waals surface area contributed by atoms with Gasteiger partial charge in [-0.2, -0.15) is 0 Å². The van der Waals surface area contributed by atoms with Crippen molar-refractivity contribution in [2.75, 3.05) is 0 Å². The molecule has 1 unspecified atom stereocenters. The molecule has 0 spiro atoms. The van der Waals surface area contributed by atoms with E-state index in [1.807, 2.05) is 0 Å². The van der Waals surface area contributed by atoms with Crippen LogP contribution < -0.4 is 4.72 Å². The van der Waals surface area contributed by atoms with Gasteiger partial charge in [0.05, 0.1) is 5.69 Å². The Morgan fingerprint density at radius 1 is 1.33 bits per heavy atom. The molecule has 0 fully saturated rings. The summed E-state index contributed by atoms with van der Waals surface area (Å²) in [6, 6.07) is 4.63. The zero-order valence-corrected chi connectivity index (χ0v) is 14.3. The maximum atomic E-state index is 12.2. The molecule has 0 aromatic heterocycles. The van der Waals surface area contributed by atoms with Crippen LogP contribution in [0.4, 0.5) is 5.69 Å². The highest BCUT2D eigenvalue weighted by Gasteiger charge is 2.27. The van der Waals surface area contributed by atoms with Crippen molar-refractivity contribution < 1.29 is 8.42 Å². The first kappa shape index (κ1) is 16.3. The van der Waals surface area contributed by atoms with Gasteiger partial charge in [0.2, 0.25) is 0 Å². The predicted molar refractivity (Wildman–Crippen MR) is 86.7 cm³/mol. The van der Waals surface area contributed by atoms with Crippen molar-refractivity contribution in [1.29, 1.82) is 0 Å². The van der Waals surface area contributed by atoms with Crippen LogP contribution in [0, 0.1) is 11.3 Å². The maximum absolute atomic E-state index is 12.2. The SMILES string of the molecule is CC(CC1=Nc2cc(Cl)ccc2S(=O)(=O)N1)CC(C)(C)C. The molecule has 0 saturated heterocycles. The van der Waals surface area contributed by atoms with Crippen molar-refractivity contribution >= 4 is 33.1 Å². The number of nitrogens with one attached hydrogen (secondary N) is 1. The fraction of sp³-hybridized carbons (Fsp3) is 0.533. The summed E-state index contributed by atoms with van der Waals surface area (Å²) in [6.07, 6.45) is 1.60. The van der Waals surface area contributed by atoms with Crippen LogP contribution in [-0.2, 0) is 10.0 Å². The van der Waals surface area contributed by atoms with E-state index < -0.39 is 10.0 Å². The van der Waals surface area contributed by atoms with E-state index in [0.717, 1.165) is 6.42 Å². The van der Waals surface area contributed by atoms with Gasteiger partial charge in [0.1, 0.15) is 10.7 Å². The third kappa shape index (κ3) is 4.20. The number of benzene rings is 1. The van der Waals surface area contributed by atoms with Crippen molar-refractivity contribution in [1.82, 2.24) is 4.72 Å². The quantitative estimate of drug-likeness (QED) is 0.907. The lowest BCUT2D eigenvalue weighted by molar-refractivity contribution is 0.311. The number of amidine groups is 1. The monoisotopic (exact) mass is 328 g/mol. The van der Waals surface area contributed by atoms with E-state index >= 15 is 0 Å². The second-order valence-electron chi connectivity index (χ2n) is 6.85. The van der Waals surface area contributed by atoms with Gasteiger partial charge in [-0.15, -0.1) is 0 Å². The van der Waals surface area contributed by atoms with Crippen molar-refractivity contribution in [3.05, 3.63) is 23.2 Å². The molecule has 1 aliphatic rings. The normalized spacial score (nSPS) is 18.4. The lowest BCUT2D eigenvalue weighted by atomic mass is 9.84. The number of nitrogens with zero attached hydrogens (tertiary/aromatic N) is 1. The first-order valence-electron chi connectivity index (χ1n) is 6.97. The molecule has 1 aromatic rings. The van der Waals surface area contributed by atoms with Crippen molar-refractivity contribution in [3.63, 3.8) is 0 Å². The molecule has 4 nitrogen and oxygen atoms in total. The molecule has 0 bridgehead atoms. The van der Waals surface area contributed by atoms with Crippen molar-refractivity contribution in [3.8, 4) is 0 Å². The largest absolute Gasteiger partial charge is 0.267 e. The number of aliphatic imine (C=N–C) groups is 1. The fourth-order valence-corrected chi connectivity index (χ4v) is 4.06. The Bertz CT molecular complexity index is 675. The Hall–Kier alpha value is -1.07. The van der Waals surface area contributed by atoms with Gasteiger partial charge in [0.25, 0.3) is 10.0 Å². The molecule has 0 radical (unpaired) electrons. The number of hydrogen-bond donors (Lipinski definition) is 1. The first-order chi connectivity index (χ1) is 9.57. The van der Waals surface area contributed by atoms with E-state index in [9.17, 15) is 8.42 Å². The molecule has 6 heteroatoms. The van der Waals surface area contributed by atoms with Gasteiger partial charge in [0.15, 0.2) is 0 Å². The van der Waals surface area contributed by atoms with Crippen LogP contribution in [0.25, 0.3) is 0 Å². The van der Waals surface area contributed by atoms with Gasteiger partial charge < -0.3 is 0 Å². The Labute approximate surface area is 131 Å². The highest BCUT2D eigenvalue weighted by Crippen LogP contribution is 2.32. The highest BCUT2D eigenvalue weighted by molar-refractivity contribution is 7.90. The van der Waals surface area contributed by atoms with Crippen LogP contribution in [0.15, 0.2) is 28.1 Å². The number of sulfonamides is 1. The fourth-order valence-electron chi connectivity index (χ4n) is 2.72. The molecule has 1 aromatic carbocycles. The van der Waals surface area contributed by atoms with Crippen molar-refractivity contribution in [2.45, 2.75) is 45.4 Å². The number of rotatable bonds is 3. The molecule has 1 heterocycles. The van der Waals surface area contributed by atoms with E-state index in [-0.39, 0.29) is 10.3 Å². The van der Waals surface area contributed by atoms with E-state index in [1.165, 1.54) is 6.07 Å². The van der Waals surface area contributed by atoms with E-state index in [2.05, 4.69) is 37.4 Å². The van der Waals surface area contributed by atoms with E-state index in [1.54, 1.807) is 12.1 Å². The smallest absolute Gasteiger partial charge is 0.264 e. The summed E-state index contributed by atoms with van der Waals surface area (Å²) < 4.78 is 27.0. The van der Waals surface area contributed by atoms with Crippen LogP contribution in [0.2, 0.25) is 5.02 Å². The summed E-state index contributed by atoms with van der Waals surface area (Å²) in [5.74, 6) is 0.828. The Morgan fingerprint density at radius 3 is 2.62 bits per heavy atom. The average Bonchev–Trinajstić information content (AvgIpc) is 2.23. The van der Waals surface area contributed by atoms with Crippen LogP contribution in [0.5, 0.6) is 0 Å². The lowest BCUT2D eigenvalue weighted by Gasteiger charge is -2.25.